The quantitative estimate of drug-likeness (QED) is 0.680. The number of para-hydroxylation sites is 1. The van der Waals surface area contributed by atoms with E-state index in [0.717, 1.165) is 11.1 Å². The monoisotopic (exact) mass is 391 g/mol. The Bertz CT molecular complexity index is 1040. The fourth-order valence-electron chi connectivity index (χ4n) is 3.23. The average Bonchev–Trinajstić information content (AvgIpc) is 3.09. The third kappa shape index (κ3) is 2.66. The molecule has 0 saturated heterocycles. The summed E-state index contributed by atoms with van der Waals surface area (Å²) < 4.78 is 7.61. The van der Waals surface area contributed by atoms with Crippen molar-refractivity contribution in [3.8, 4) is 5.75 Å². The minimum atomic E-state index is -1.04. The third-order valence-corrected chi connectivity index (χ3v) is 4.92. The second-order valence-corrected chi connectivity index (χ2v) is 7.58. The summed E-state index contributed by atoms with van der Waals surface area (Å²) in [6.45, 7) is 3.84. The summed E-state index contributed by atoms with van der Waals surface area (Å²) in [7, 11) is 0. The molecule has 1 aromatic heterocycles. The smallest absolute Gasteiger partial charge is 0.339 e. The number of ether oxygens (including phenoxy) is 1. The van der Waals surface area contributed by atoms with E-state index < -0.39 is 11.6 Å². The number of hydrogen-bond acceptors (Lipinski definition) is 4. The van der Waals surface area contributed by atoms with Crippen LogP contribution in [0.2, 0.25) is 10.0 Å². The van der Waals surface area contributed by atoms with Crippen LogP contribution in [-0.4, -0.2) is 26.3 Å². The van der Waals surface area contributed by atoms with Crippen molar-refractivity contribution in [1.82, 2.24) is 9.66 Å². The minimum Gasteiger partial charge on any atom is -0.486 e. The van der Waals surface area contributed by atoms with Gasteiger partial charge in [-0.1, -0.05) is 29.3 Å². The summed E-state index contributed by atoms with van der Waals surface area (Å²) in [5, 5.41) is 10.5. The van der Waals surface area contributed by atoms with Crippen molar-refractivity contribution < 1.29 is 14.6 Å². The molecule has 0 radical (unpaired) electrons. The first-order valence-electron chi connectivity index (χ1n) is 7.93. The normalized spacial score (nSPS) is 14.9. The maximum absolute atomic E-state index is 11.6. The lowest BCUT2D eigenvalue weighted by Gasteiger charge is -2.17. The molecule has 0 fully saturated rings. The van der Waals surface area contributed by atoms with Gasteiger partial charge < -0.3 is 9.84 Å². The second-order valence-electron chi connectivity index (χ2n) is 6.77. The summed E-state index contributed by atoms with van der Waals surface area (Å²) in [6, 6.07) is 6.74. The summed E-state index contributed by atoms with van der Waals surface area (Å²) in [5.41, 5.74) is 5.40. The highest BCUT2D eigenvalue weighted by Crippen LogP contribution is 2.42. The van der Waals surface area contributed by atoms with Crippen LogP contribution in [0.1, 0.15) is 29.8 Å². The molecule has 26 heavy (non-hydrogen) atoms. The molecule has 3 aromatic rings. The lowest BCUT2D eigenvalue weighted by atomic mass is 9.99. The van der Waals surface area contributed by atoms with Crippen LogP contribution in [0.4, 0.5) is 5.69 Å². The number of nitrogens with one attached hydrogen (secondary N) is 1. The highest BCUT2D eigenvalue weighted by molar-refractivity contribution is 6.39. The summed E-state index contributed by atoms with van der Waals surface area (Å²) in [4.78, 5) is 16.0. The Kier molecular flexibility index (Phi) is 3.78. The highest BCUT2D eigenvalue weighted by atomic mass is 35.5. The van der Waals surface area contributed by atoms with Gasteiger partial charge in [0.1, 0.15) is 23.2 Å². The molecule has 6 nitrogen and oxygen atoms in total. The highest BCUT2D eigenvalue weighted by Gasteiger charge is 2.36. The number of benzene rings is 2. The van der Waals surface area contributed by atoms with Crippen molar-refractivity contribution in [3.63, 3.8) is 0 Å². The summed E-state index contributed by atoms with van der Waals surface area (Å²) in [5.74, 6) is -0.665. The van der Waals surface area contributed by atoms with E-state index in [1.165, 1.54) is 6.07 Å². The number of halogens is 2. The molecule has 4 rings (SSSR count). The van der Waals surface area contributed by atoms with Crippen molar-refractivity contribution in [3.05, 3.63) is 51.8 Å². The maximum Gasteiger partial charge on any atom is 0.339 e. The number of carboxylic acids is 1. The second kappa shape index (κ2) is 5.79. The van der Waals surface area contributed by atoms with Gasteiger partial charge in [0.15, 0.2) is 0 Å². The summed E-state index contributed by atoms with van der Waals surface area (Å²) in [6.07, 6.45) is 2.13. The average molecular weight is 392 g/mol. The van der Waals surface area contributed by atoms with Crippen LogP contribution in [0.5, 0.6) is 5.75 Å². The zero-order valence-corrected chi connectivity index (χ0v) is 15.5. The Labute approximate surface area is 159 Å². The zero-order chi connectivity index (χ0) is 18.6. The van der Waals surface area contributed by atoms with Crippen LogP contribution in [0.15, 0.2) is 30.6 Å². The lowest BCUT2D eigenvalue weighted by molar-refractivity contribution is 0.0685. The first-order valence-corrected chi connectivity index (χ1v) is 8.69. The maximum atomic E-state index is 11.6. The van der Waals surface area contributed by atoms with Crippen LogP contribution < -0.4 is 10.2 Å². The van der Waals surface area contributed by atoms with Gasteiger partial charge in [0, 0.05) is 12.0 Å². The standard InChI is InChI=1S/C18H15Cl2N3O3/c1-18(2)7-10-15-13(6-9(17(24)25)16(10)26-18)21-8-23(15)22-14-11(19)4-3-5-12(14)20/h3-6,8,22H,7H2,1-2H3,(H,24,25). The van der Waals surface area contributed by atoms with Gasteiger partial charge in [0.25, 0.3) is 0 Å². The molecule has 134 valence electrons. The van der Waals surface area contributed by atoms with Crippen molar-refractivity contribution in [2.24, 2.45) is 0 Å². The Hall–Kier alpha value is -2.44. The fourth-order valence-corrected chi connectivity index (χ4v) is 3.71. The number of nitrogens with zero attached hydrogens (tertiary/aromatic N) is 2. The van der Waals surface area contributed by atoms with Gasteiger partial charge in [-0.3, -0.25) is 5.43 Å². The van der Waals surface area contributed by atoms with E-state index in [4.69, 9.17) is 27.9 Å². The van der Waals surface area contributed by atoms with E-state index in [0.29, 0.717) is 33.4 Å². The molecule has 2 heterocycles. The topological polar surface area (TPSA) is 76.4 Å². The van der Waals surface area contributed by atoms with E-state index in [1.54, 1.807) is 29.2 Å². The SMILES string of the molecule is CC1(C)Cc2c(c(C(=O)O)cc3ncn(Nc4c(Cl)cccc4Cl)c23)O1. The molecule has 0 saturated carbocycles. The van der Waals surface area contributed by atoms with Crippen molar-refractivity contribution in [1.29, 1.82) is 0 Å². The number of carboxylic acid groups (broad SMARTS) is 1. The van der Waals surface area contributed by atoms with E-state index in [2.05, 4.69) is 10.4 Å². The number of fused-ring (bicyclic) bond motifs is 3. The van der Waals surface area contributed by atoms with Gasteiger partial charge in [-0.25, -0.2) is 14.5 Å². The number of rotatable bonds is 3. The van der Waals surface area contributed by atoms with Crippen molar-refractivity contribution in [2.45, 2.75) is 25.9 Å². The largest absolute Gasteiger partial charge is 0.486 e. The van der Waals surface area contributed by atoms with E-state index in [1.807, 2.05) is 13.8 Å². The van der Waals surface area contributed by atoms with Crippen molar-refractivity contribution in [2.75, 3.05) is 5.43 Å². The third-order valence-electron chi connectivity index (χ3n) is 4.29. The van der Waals surface area contributed by atoms with Gasteiger partial charge in [-0.2, -0.15) is 0 Å². The number of imidazole rings is 1. The molecule has 0 spiro atoms. The molecule has 2 N–H and O–H groups in total. The molecule has 2 aromatic carbocycles. The van der Waals surface area contributed by atoms with Crippen LogP contribution in [0, 0.1) is 0 Å². The van der Waals surface area contributed by atoms with Gasteiger partial charge in [-0.15, -0.1) is 0 Å². The molecule has 1 aliphatic rings. The molecule has 0 amide bonds. The van der Waals surface area contributed by atoms with Crippen LogP contribution in [0.25, 0.3) is 11.0 Å². The Morgan fingerprint density at radius 3 is 2.69 bits per heavy atom. The number of carbonyl (C=O) groups is 1. The predicted octanol–water partition coefficient (Wildman–Crippen LogP) is 4.63. The van der Waals surface area contributed by atoms with Gasteiger partial charge >= 0.3 is 5.97 Å². The predicted molar refractivity (Wildman–Crippen MR) is 101 cm³/mol. The fraction of sp³-hybridized carbons (Fsp3) is 0.222. The number of anilines is 1. The first-order chi connectivity index (χ1) is 12.3. The van der Waals surface area contributed by atoms with Crippen molar-refractivity contribution >= 4 is 45.9 Å². The van der Waals surface area contributed by atoms with E-state index >= 15 is 0 Å². The van der Waals surface area contributed by atoms with E-state index in [-0.39, 0.29) is 5.56 Å². The molecule has 0 aliphatic carbocycles. The van der Waals surface area contributed by atoms with Crippen LogP contribution in [-0.2, 0) is 6.42 Å². The molecular weight excluding hydrogens is 377 g/mol. The Morgan fingerprint density at radius 1 is 1.35 bits per heavy atom. The molecule has 0 unspecified atom stereocenters. The number of aromatic carboxylic acids is 1. The lowest BCUT2D eigenvalue weighted by Crippen LogP contribution is -2.25. The van der Waals surface area contributed by atoms with Gasteiger partial charge in [0.05, 0.1) is 26.8 Å². The van der Waals surface area contributed by atoms with Crippen LogP contribution >= 0.6 is 23.2 Å². The van der Waals surface area contributed by atoms with Gasteiger partial charge in [-0.05, 0) is 32.0 Å². The molecule has 1 aliphatic heterocycles. The Morgan fingerprint density at radius 2 is 2.04 bits per heavy atom. The molecule has 0 bridgehead atoms. The van der Waals surface area contributed by atoms with E-state index in [9.17, 15) is 9.90 Å². The van der Waals surface area contributed by atoms with Gasteiger partial charge in [0.2, 0.25) is 0 Å². The van der Waals surface area contributed by atoms with Crippen LogP contribution in [0.3, 0.4) is 0 Å². The minimum absolute atomic E-state index is 0.110. The molecular formula is C18H15Cl2N3O3. The zero-order valence-electron chi connectivity index (χ0n) is 14.0. The molecule has 8 heteroatoms. The summed E-state index contributed by atoms with van der Waals surface area (Å²) >= 11 is 12.5. The molecule has 0 atom stereocenters. The Balaban J connectivity index is 1.92. The first kappa shape index (κ1) is 17.0. The number of aromatic nitrogens is 2. The number of hydrogen-bond donors (Lipinski definition) is 2.